The maximum absolute atomic E-state index is 12.0. The van der Waals surface area contributed by atoms with E-state index in [4.69, 9.17) is 0 Å². The molecule has 0 bridgehead atoms. The zero-order chi connectivity index (χ0) is 11.4. The number of hydrogen-bond acceptors (Lipinski definition) is 4. The van der Waals surface area contributed by atoms with E-state index >= 15 is 0 Å². The van der Waals surface area contributed by atoms with Crippen molar-refractivity contribution in [1.82, 2.24) is 15.4 Å². The largest absolute Gasteiger partial charge is 0.364 e. The predicted molar refractivity (Wildman–Crippen MR) is 66.4 cm³/mol. The maximum atomic E-state index is 12.0. The van der Waals surface area contributed by atoms with Crippen LogP contribution in [0, 0.1) is 0 Å². The Morgan fingerprint density at radius 1 is 1.53 bits per heavy atom. The molecule has 1 N–H and O–H groups in total. The summed E-state index contributed by atoms with van der Waals surface area (Å²) in [5.74, 6) is -0.0550. The zero-order valence-electron chi connectivity index (χ0n) is 9.89. The lowest BCUT2D eigenvalue weighted by Gasteiger charge is -2.26. The number of carbonyl (C=O) groups excluding carboxylic acids is 1. The van der Waals surface area contributed by atoms with Crippen LogP contribution in [0.15, 0.2) is 16.9 Å². The van der Waals surface area contributed by atoms with E-state index in [-0.39, 0.29) is 18.3 Å². The summed E-state index contributed by atoms with van der Waals surface area (Å²) in [4.78, 5) is 13.8. The highest BCUT2D eigenvalue weighted by atomic mass is 35.5. The number of nitrogens with zero attached hydrogens (tertiary/aromatic N) is 2. The normalized spacial score (nSPS) is 20.2. The van der Waals surface area contributed by atoms with E-state index < -0.39 is 0 Å². The molecular formula is C11H18ClN3O2. The lowest BCUT2D eigenvalue weighted by atomic mass is 10.1. The second-order valence-electron chi connectivity index (χ2n) is 4.14. The molecule has 6 heteroatoms. The summed E-state index contributed by atoms with van der Waals surface area (Å²) in [7, 11) is 1.84. The number of amides is 1. The third kappa shape index (κ3) is 3.44. The highest BCUT2D eigenvalue weighted by molar-refractivity contribution is 5.92. The zero-order valence-corrected chi connectivity index (χ0v) is 10.7. The fourth-order valence-corrected chi connectivity index (χ4v) is 2.06. The van der Waals surface area contributed by atoms with Gasteiger partial charge in [-0.1, -0.05) is 5.16 Å². The highest BCUT2D eigenvalue weighted by Gasteiger charge is 2.23. The van der Waals surface area contributed by atoms with Crippen LogP contribution in [-0.2, 0) is 0 Å². The molecule has 1 aromatic heterocycles. The third-order valence-electron chi connectivity index (χ3n) is 3.07. The lowest BCUT2D eigenvalue weighted by Crippen LogP contribution is -2.37. The van der Waals surface area contributed by atoms with Gasteiger partial charge in [0.2, 0.25) is 0 Å². The monoisotopic (exact) mass is 259 g/mol. The number of aromatic nitrogens is 1. The van der Waals surface area contributed by atoms with Crippen molar-refractivity contribution in [1.29, 1.82) is 0 Å². The van der Waals surface area contributed by atoms with Crippen molar-refractivity contribution in [3.63, 3.8) is 0 Å². The van der Waals surface area contributed by atoms with Gasteiger partial charge in [-0.25, -0.2) is 0 Å². The minimum absolute atomic E-state index is 0. The first-order valence-corrected chi connectivity index (χ1v) is 5.67. The molecule has 2 heterocycles. The molecule has 1 aromatic rings. The van der Waals surface area contributed by atoms with Gasteiger partial charge in [0.1, 0.15) is 6.26 Å². The molecule has 1 atom stereocenters. The van der Waals surface area contributed by atoms with E-state index in [0.717, 1.165) is 32.4 Å². The summed E-state index contributed by atoms with van der Waals surface area (Å²) in [6.45, 7) is 2.02. The molecule has 5 nitrogen and oxygen atoms in total. The van der Waals surface area contributed by atoms with Crippen molar-refractivity contribution in [2.45, 2.75) is 25.3 Å². The van der Waals surface area contributed by atoms with Gasteiger partial charge in [0.25, 0.3) is 5.91 Å². The van der Waals surface area contributed by atoms with Crippen molar-refractivity contribution in [3.8, 4) is 0 Å². The van der Waals surface area contributed by atoms with E-state index in [1.165, 1.54) is 6.26 Å². The Kier molecular flexibility index (Phi) is 5.44. The minimum Gasteiger partial charge on any atom is -0.364 e. The van der Waals surface area contributed by atoms with Crippen LogP contribution in [-0.4, -0.2) is 42.1 Å². The van der Waals surface area contributed by atoms with Crippen molar-refractivity contribution in [2.24, 2.45) is 0 Å². The molecule has 1 aliphatic heterocycles. The van der Waals surface area contributed by atoms with E-state index in [2.05, 4.69) is 15.0 Å². The fraction of sp³-hybridized carbons (Fsp3) is 0.636. The van der Waals surface area contributed by atoms with Gasteiger partial charge >= 0.3 is 0 Å². The third-order valence-corrected chi connectivity index (χ3v) is 3.07. The second-order valence-corrected chi connectivity index (χ2v) is 4.14. The SMILES string of the molecule is CN(C(=O)c1ccon1)C1CCCNCC1.Cl. The average Bonchev–Trinajstić information content (AvgIpc) is 2.70. The molecule has 96 valence electrons. The van der Waals surface area contributed by atoms with Crippen LogP contribution in [0.25, 0.3) is 0 Å². The van der Waals surface area contributed by atoms with E-state index in [1.54, 1.807) is 11.0 Å². The van der Waals surface area contributed by atoms with Gasteiger partial charge in [-0.15, -0.1) is 12.4 Å². The van der Waals surface area contributed by atoms with Crippen molar-refractivity contribution >= 4 is 18.3 Å². The van der Waals surface area contributed by atoms with Crippen molar-refractivity contribution in [3.05, 3.63) is 18.0 Å². The number of rotatable bonds is 2. The van der Waals surface area contributed by atoms with Gasteiger partial charge in [0, 0.05) is 19.2 Å². The smallest absolute Gasteiger partial charge is 0.276 e. The van der Waals surface area contributed by atoms with Gasteiger partial charge in [0.15, 0.2) is 5.69 Å². The average molecular weight is 260 g/mol. The fourth-order valence-electron chi connectivity index (χ4n) is 2.06. The molecule has 0 aliphatic carbocycles. The molecule has 0 aromatic carbocycles. The van der Waals surface area contributed by atoms with Crippen LogP contribution in [0.5, 0.6) is 0 Å². The van der Waals surface area contributed by atoms with Gasteiger partial charge in [-0.2, -0.15) is 0 Å². The second kappa shape index (κ2) is 6.61. The summed E-state index contributed by atoms with van der Waals surface area (Å²) in [6.07, 6.45) is 4.59. The standard InChI is InChI=1S/C11H17N3O2.ClH/c1-14(9-3-2-6-12-7-4-9)11(15)10-5-8-16-13-10;/h5,8-9,12H,2-4,6-7H2,1H3;1H. The predicted octanol–water partition coefficient (Wildman–Crippen LogP) is 1.31. The summed E-state index contributed by atoms with van der Waals surface area (Å²) >= 11 is 0. The number of hydrogen-bond donors (Lipinski definition) is 1. The molecule has 2 rings (SSSR count). The molecular weight excluding hydrogens is 242 g/mol. The van der Waals surface area contributed by atoms with E-state index in [1.807, 2.05) is 7.05 Å². The van der Waals surface area contributed by atoms with Crippen molar-refractivity contribution in [2.75, 3.05) is 20.1 Å². The van der Waals surface area contributed by atoms with Crippen LogP contribution >= 0.6 is 12.4 Å². The van der Waals surface area contributed by atoms with E-state index in [0.29, 0.717) is 11.7 Å². The molecule has 0 radical (unpaired) electrons. The molecule has 1 unspecified atom stereocenters. The van der Waals surface area contributed by atoms with Crippen LogP contribution < -0.4 is 5.32 Å². The quantitative estimate of drug-likeness (QED) is 0.870. The number of nitrogens with one attached hydrogen (secondary N) is 1. The van der Waals surface area contributed by atoms with Crippen LogP contribution in [0.3, 0.4) is 0 Å². The Bertz CT molecular complexity index is 334. The Morgan fingerprint density at radius 2 is 2.35 bits per heavy atom. The summed E-state index contributed by atoms with van der Waals surface area (Å²) < 4.78 is 4.69. The first kappa shape index (κ1) is 14.0. The summed E-state index contributed by atoms with van der Waals surface area (Å²) in [5, 5.41) is 7.01. The summed E-state index contributed by atoms with van der Waals surface area (Å²) in [6, 6.07) is 1.91. The van der Waals surface area contributed by atoms with Gasteiger partial charge in [-0.3, -0.25) is 4.79 Å². The Morgan fingerprint density at radius 3 is 3.06 bits per heavy atom. The first-order valence-electron chi connectivity index (χ1n) is 5.67. The van der Waals surface area contributed by atoms with Crippen LogP contribution in [0.4, 0.5) is 0 Å². The molecule has 1 saturated heterocycles. The van der Waals surface area contributed by atoms with Gasteiger partial charge in [0.05, 0.1) is 0 Å². The minimum atomic E-state index is -0.0550. The molecule has 1 amide bonds. The first-order chi connectivity index (χ1) is 7.79. The van der Waals surface area contributed by atoms with Gasteiger partial charge in [-0.05, 0) is 32.4 Å². The van der Waals surface area contributed by atoms with Crippen LogP contribution in [0.2, 0.25) is 0 Å². The Labute approximate surface area is 107 Å². The molecule has 1 aliphatic rings. The number of carbonyl (C=O) groups is 1. The molecule has 17 heavy (non-hydrogen) atoms. The van der Waals surface area contributed by atoms with Crippen LogP contribution in [0.1, 0.15) is 29.8 Å². The Hall–Kier alpha value is -1.07. The number of halogens is 1. The summed E-state index contributed by atoms with van der Waals surface area (Å²) in [5.41, 5.74) is 0.389. The topological polar surface area (TPSA) is 58.4 Å². The van der Waals surface area contributed by atoms with Crippen molar-refractivity contribution < 1.29 is 9.32 Å². The lowest BCUT2D eigenvalue weighted by molar-refractivity contribution is 0.0710. The van der Waals surface area contributed by atoms with Gasteiger partial charge < -0.3 is 14.7 Å². The molecule has 0 saturated carbocycles. The van der Waals surface area contributed by atoms with E-state index in [9.17, 15) is 4.79 Å². The molecule has 0 spiro atoms. The maximum Gasteiger partial charge on any atom is 0.276 e. The Balaban J connectivity index is 0.00000144. The highest BCUT2D eigenvalue weighted by Crippen LogP contribution is 2.14. The molecule has 1 fully saturated rings.